The Morgan fingerprint density at radius 1 is 1.13 bits per heavy atom. The van der Waals surface area contributed by atoms with Crippen LogP contribution in [0.25, 0.3) is 16.8 Å². The minimum atomic E-state index is -0.460. The quantitative estimate of drug-likeness (QED) is 0.580. The fraction of sp³-hybridized carbons (Fsp3) is 0.0526. The van der Waals surface area contributed by atoms with E-state index in [-0.39, 0.29) is 5.57 Å². The van der Waals surface area contributed by atoms with Crippen LogP contribution in [-0.2, 0) is 4.79 Å². The summed E-state index contributed by atoms with van der Waals surface area (Å²) < 4.78 is 5.38. The average Bonchev–Trinajstić information content (AvgIpc) is 2.98. The predicted molar refractivity (Wildman–Crippen MR) is 89.6 cm³/mol. The lowest BCUT2D eigenvalue weighted by molar-refractivity contribution is -0.112. The van der Waals surface area contributed by atoms with Crippen molar-refractivity contribution in [2.75, 3.05) is 5.32 Å². The van der Waals surface area contributed by atoms with Gasteiger partial charge in [-0.15, -0.1) is 0 Å². The number of nitriles is 1. The van der Waals surface area contributed by atoms with Crippen molar-refractivity contribution in [2.45, 2.75) is 6.92 Å². The molecule has 0 aliphatic rings. The number of fused-ring (bicyclic) bond motifs is 1. The van der Waals surface area contributed by atoms with Gasteiger partial charge in [-0.05, 0) is 30.5 Å². The van der Waals surface area contributed by atoms with E-state index < -0.39 is 5.91 Å². The van der Waals surface area contributed by atoms with E-state index in [1.807, 2.05) is 48.5 Å². The number of hydrogen-bond donors (Lipinski definition) is 1. The van der Waals surface area contributed by atoms with Gasteiger partial charge in [-0.2, -0.15) is 5.26 Å². The van der Waals surface area contributed by atoms with Crippen LogP contribution >= 0.6 is 0 Å². The maximum atomic E-state index is 12.4. The number of anilines is 1. The van der Waals surface area contributed by atoms with Gasteiger partial charge in [-0.25, -0.2) is 0 Å². The van der Waals surface area contributed by atoms with Gasteiger partial charge in [0, 0.05) is 17.1 Å². The molecule has 0 saturated heterocycles. The van der Waals surface area contributed by atoms with E-state index in [1.54, 1.807) is 19.1 Å². The van der Waals surface area contributed by atoms with Gasteiger partial charge >= 0.3 is 0 Å². The molecule has 2 aromatic carbocycles. The van der Waals surface area contributed by atoms with E-state index in [0.717, 1.165) is 16.5 Å². The van der Waals surface area contributed by atoms with E-state index in [0.29, 0.717) is 11.4 Å². The van der Waals surface area contributed by atoms with Gasteiger partial charge in [0.25, 0.3) is 5.91 Å². The van der Waals surface area contributed by atoms with Crippen LogP contribution in [0.1, 0.15) is 11.5 Å². The van der Waals surface area contributed by atoms with Crippen LogP contribution in [0.4, 0.5) is 5.69 Å². The monoisotopic (exact) mass is 302 g/mol. The number of rotatable bonds is 3. The van der Waals surface area contributed by atoms with E-state index in [9.17, 15) is 10.1 Å². The molecule has 0 atom stereocenters. The first-order valence-corrected chi connectivity index (χ1v) is 7.15. The van der Waals surface area contributed by atoms with E-state index in [4.69, 9.17) is 4.42 Å². The number of aryl methyl sites for hydroxylation is 1. The highest BCUT2D eigenvalue weighted by Gasteiger charge is 2.12. The summed E-state index contributed by atoms with van der Waals surface area (Å²) >= 11 is 0. The number of benzene rings is 2. The molecule has 4 nitrogen and oxygen atoms in total. The summed E-state index contributed by atoms with van der Waals surface area (Å²) in [5.74, 6) is 0.744. The molecule has 112 valence electrons. The highest BCUT2D eigenvalue weighted by Crippen LogP contribution is 2.23. The van der Waals surface area contributed by atoms with Crippen LogP contribution in [0.5, 0.6) is 0 Å². The fourth-order valence-electron chi connectivity index (χ4n) is 2.35. The summed E-state index contributed by atoms with van der Waals surface area (Å²) in [6.07, 6.45) is 1.44. The molecule has 1 N–H and O–H groups in total. The molecule has 0 aliphatic heterocycles. The first-order chi connectivity index (χ1) is 11.2. The molecule has 23 heavy (non-hydrogen) atoms. The largest absolute Gasteiger partial charge is 0.462 e. The fourth-order valence-corrected chi connectivity index (χ4v) is 2.35. The number of carbonyl (C=O) groups excluding carboxylic acids is 1. The zero-order chi connectivity index (χ0) is 16.2. The van der Waals surface area contributed by atoms with E-state index in [1.165, 1.54) is 6.08 Å². The summed E-state index contributed by atoms with van der Waals surface area (Å²) in [5.41, 5.74) is 0.664. The molecule has 0 unspecified atom stereocenters. The smallest absolute Gasteiger partial charge is 0.266 e. The molecule has 1 amide bonds. The summed E-state index contributed by atoms with van der Waals surface area (Å²) in [4.78, 5) is 12.4. The van der Waals surface area contributed by atoms with E-state index in [2.05, 4.69) is 5.32 Å². The molecule has 0 fully saturated rings. The number of nitrogens with one attached hydrogen (secondary N) is 1. The zero-order valence-corrected chi connectivity index (χ0v) is 12.5. The van der Waals surface area contributed by atoms with Crippen LogP contribution in [-0.4, -0.2) is 5.91 Å². The highest BCUT2D eigenvalue weighted by molar-refractivity contribution is 6.12. The van der Waals surface area contributed by atoms with Crippen LogP contribution in [0, 0.1) is 18.3 Å². The third-order valence-corrected chi connectivity index (χ3v) is 3.45. The van der Waals surface area contributed by atoms with E-state index >= 15 is 0 Å². The Bertz CT molecular complexity index is 940. The van der Waals surface area contributed by atoms with Gasteiger partial charge in [-0.1, -0.05) is 36.4 Å². The van der Waals surface area contributed by atoms with Crippen molar-refractivity contribution in [3.8, 4) is 6.07 Å². The zero-order valence-electron chi connectivity index (χ0n) is 12.5. The SMILES string of the molecule is Cc1ccc(/C=C(/C#N)C(=O)Nc2cccc3ccccc23)o1. The topological polar surface area (TPSA) is 66.0 Å². The number of amides is 1. The molecule has 4 heteroatoms. The first-order valence-electron chi connectivity index (χ1n) is 7.15. The number of nitrogens with zero attached hydrogens (tertiary/aromatic N) is 1. The lowest BCUT2D eigenvalue weighted by atomic mass is 10.1. The third-order valence-electron chi connectivity index (χ3n) is 3.45. The lowest BCUT2D eigenvalue weighted by Gasteiger charge is -2.08. The molecule has 0 aliphatic carbocycles. The summed E-state index contributed by atoms with van der Waals surface area (Å²) in [6, 6.07) is 18.8. The van der Waals surface area contributed by atoms with Crippen molar-refractivity contribution in [1.29, 1.82) is 5.26 Å². The number of furan rings is 1. The van der Waals surface area contributed by atoms with Crippen molar-refractivity contribution in [3.05, 3.63) is 71.7 Å². The third kappa shape index (κ3) is 3.14. The normalized spacial score (nSPS) is 11.2. The summed E-state index contributed by atoms with van der Waals surface area (Å²) in [6.45, 7) is 1.81. The van der Waals surface area contributed by atoms with Crippen LogP contribution < -0.4 is 5.32 Å². The van der Waals surface area contributed by atoms with Crippen molar-refractivity contribution in [1.82, 2.24) is 0 Å². The maximum Gasteiger partial charge on any atom is 0.266 e. The van der Waals surface area contributed by atoms with Crippen LogP contribution in [0.15, 0.2) is 64.6 Å². The van der Waals surface area contributed by atoms with Crippen molar-refractivity contribution >= 4 is 28.4 Å². The van der Waals surface area contributed by atoms with Gasteiger partial charge < -0.3 is 9.73 Å². The Morgan fingerprint density at radius 3 is 2.65 bits per heavy atom. The summed E-state index contributed by atoms with van der Waals surface area (Å²) in [5, 5.41) is 14.0. The van der Waals surface area contributed by atoms with Crippen molar-refractivity contribution < 1.29 is 9.21 Å². The Balaban J connectivity index is 1.90. The molecule has 0 radical (unpaired) electrons. The van der Waals surface area contributed by atoms with Gasteiger partial charge in [0.2, 0.25) is 0 Å². The Morgan fingerprint density at radius 2 is 1.91 bits per heavy atom. The second-order valence-corrected chi connectivity index (χ2v) is 5.10. The van der Waals surface area contributed by atoms with Crippen molar-refractivity contribution in [2.24, 2.45) is 0 Å². The number of hydrogen-bond acceptors (Lipinski definition) is 3. The molecule has 0 bridgehead atoms. The second kappa shape index (κ2) is 6.20. The molecule has 0 spiro atoms. The van der Waals surface area contributed by atoms with Crippen LogP contribution in [0.2, 0.25) is 0 Å². The van der Waals surface area contributed by atoms with Gasteiger partial charge in [0.05, 0.1) is 0 Å². The second-order valence-electron chi connectivity index (χ2n) is 5.10. The average molecular weight is 302 g/mol. The molecular weight excluding hydrogens is 288 g/mol. The minimum Gasteiger partial charge on any atom is -0.462 e. The predicted octanol–water partition coefficient (Wildman–Crippen LogP) is 4.29. The highest BCUT2D eigenvalue weighted by atomic mass is 16.3. The maximum absolute atomic E-state index is 12.4. The molecule has 1 aromatic heterocycles. The van der Waals surface area contributed by atoms with Crippen LogP contribution in [0.3, 0.4) is 0 Å². The Kier molecular flexibility index (Phi) is 3.94. The Hall–Kier alpha value is -3.32. The van der Waals surface area contributed by atoms with Gasteiger partial charge in [0.15, 0.2) is 0 Å². The molecule has 3 aromatic rings. The Labute approximate surface area is 133 Å². The van der Waals surface area contributed by atoms with Gasteiger partial charge in [0.1, 0.15) is 23.2 Å². The first kappa shape index (κ1) is 14.6. The molecule has 1 heterocycles. The molecule has 0 saturated carbocycles. The molecular formula is C19H14N2O2. The minimum absolute atomic E-state index is 0.00714. The lowest BCUT2D eigenvalue weighted by Crippen LogP contribution is -2.13. The molecule has 3 rings (SSSR count). The van der Waals surface area contributed by atoms with Crippen molar-refractivity contribution in [3.63, 3.8) is 0 Å². The van der Waals surface area contributed by atoms with Gasteiger partial charge in [-0.3, -0.25) is 4.79 Å². The summed E-state index contributed by atoms with van der Waals surface area (Å²) in [7, 11) is 0. The number of carbonyl (C=O) groups is 1. The standard InChI is InChI=1S/C19H14N2O2/c1-13-9-10-16(23-13)11-15(12-20)19(22)21-18-8-4-6-14-5-2-3-7-17(14)18/h2-11H,1H3,(H,21,22)/b15-11-.